The number of alkyl halides is 2. The second kappa shape index (κ2) is 6.11. The van der Waals surface area contributed by atoms with Gasteiger partial charge in [0.25, 0.3) is 11.8 Å². The van der Waals surface area contributed by atoms with Crippen LogP contribution in [0.3, 0.4) is 0 Å². The average Bonchev–Trinajstić information content (AvgIpc) is 3.10. The number of carbonyl (C=O) groups excluding carboxylic acids is 2. The number of hydrogen-bond donors (Lipinski definition) is 1. The Hall–Kier alpha value is -2.84. The first-order chi connectivity index (χ1) is 12.8. The third-order valence-electron chi connectivity index (χ3n) is 5.34. The van der Waals surface area contributed by atoms with Crippen LogP contribution >= 0.6 is 0 Å². The number of pyridine rings is 1. The van der Waals surface area contributed by atoms with Crippen molar-refractivity contribution >= 4 is 11.8 Å². The van der Waals surface area contributed by atoms with Crippen molar-refractivity contribution in [1.29, 1.82) is 0 Å². The fraction of sp³-hybridized carbons (Fsp3) is 0.444. The first-order valence-corrected chi connectivity index (χ1v) is 8.75. The minimum atomic E-state index is -2.67. The molecular weight excluding hydrogens is 356 g/mol. The monoisotopic (exact) mass is 375 g/mol. The van der Waals surface area contributed by atoms with E-state index >= 15 is 0 Å². The number of carbonyl (C=O) groups is 2. The minimum absolute atomic E-state index is 0.0547. The molecule has 7 nitrogen and oxygen atoms in total. The summed E-state index contributed by atoms with van der Waals surface area (Å²) in [5.41, 5.74) is -0.740. The molecule has 2 atom stereocenters. The van der Waals surface area contributed by atoms with Crippen LogP contribution in [0, 0.1) is 5.41 Å². The van der Waals surface area contributed by atoms with Crippen LogP contribution in [0.4, 0.5) is 8.78 Å². The Balaban J connectivity index is 1.36. The van der Waals surface area contributed by atoms with Crippen LogP contribution in [-0.2, 0) is 4.79 Å². The van der Waals surface area contributed by atoms with Crippen LogP contribution < -0.4 is 5.32 Å². The molecule has 1 spiro atoms. The molecule has 4 rings (SSSR count). The van der Waals surface area contributed by atoms with Crippen molar-refractivity contribution in [3.63, 3.8) is 0 Å². The van der Waals surface area contributed by atoms with Gasteiger partial charge in [-0.25, -0.2) is 18.4 Å². The van der Waals surface area contributed by atoms with Crippen LogP contribution in [0.25, 0.3) is 5.82 Å². The van der Waals surface area contributed by atoms with E-state index in [0.717, 1.165) is 0 Å². The van der Waals surface area contributed by atoms with Crippen LogP contribution in [0.5, 0.6) is 0 Å². The first-order valence-electron chi connectivity index (χ1n) is 8.75. The lowest BCUT2D eigenvalue weighted by Crippen LogP contribution is -2.46. The van der Waals surface area contributed by atoms with Gasteiger partial charge in [0.1, 0.15) is 6.04 Å². The summed E-state index contributed by atoms with van der Waals surface area (Å²) in [5.74, 6) is -2.89. The van der Waals surface area contributed by atoms with Crippen LogP contribution in [-0.4, -0.2) is 56.5 Å². The Kier molecular flexibility index (Phi) is 3.97. The zero-order valence-corrected chi connectivity index (χ0v) is 14.7. The number of nitrogens with zero attached hydrogens (tertiary/aromatic N) is 4. The predicted molar refractivity (Wildman–Crippen MR) is 91.5 cm³/mol. The van der Waals surface area contributed by atoms with E-state index in [4.69, 9.17) is 0 Å². The summed E-state index contributed by atoms with van der Waals surface area (Å²) in [6.07, 6.45) is 4.91. The van der Waals surface area contributed by atoms with Gasteiger partial charge in [-0.15, -0.1) is 0 Å². The summed E-state index contributed by atoms with van der Waals surface area (Å²) in [6.45, 7) is 1.91. The third kappa shape index (κ3) is 3.07. The molecule has 2 amide bonds. The van der Waals surface area contributed by atoms with Crippen molar-refractivity contribution in [3.8, 4) is 5.82 Å². The summed E-state index contributed by atoms with van der Waals surface area (Å²) < 4.78 is 28.5. The zero-order valence-electron chi connectivity index (χ0n) is 14.7. The van der Waals surface area contributed by atoms with Crippen LogP contribution in [0.1, 0.15) is 30.1 Å². The maximum Gasteiger partial charge on any atom is 0.256 e. The van der Waals surface area contributed by atoms with Crippen molar-refractivity contribution in [2.24, 2.45) is 5.41 Å². The molecule has 142 valence electrons. The molecule has 27 heavy (non-hydrogen) atoms. The number of hydrogen-bond acceptors (Lipinski definition) is 4. The van der Waals surface area contributed by atoms with Gasteiger partial charge < -0.3 is 10.2 Å². The standard InChI is InChI=1S/C18H19F2N5O2/c1-12(16(27)24-8-5-17(11-24)10-18(17,19)20)23-15(26)13-3-4-14(21-9-13)25-7-2-6-22-25/h2-4,6-7,9,12H,5,8,10-11H2,1H3,(H,23,26)/t12-,17-/m1/s1. The lowest BCUT2D eigenvalue weighted by atomic mass is 10.1. The van der Waals surface area contributed by atoms with Crippen molar-refractivity contribution in [1.82, 2.24) is 25.0 Å². The molecule has 0 radical (unpaired) electrons. The van der Waals surface area contributed by atoms with E-state index in [-0.39, 0.29) is 18.9 Å². The highest BCUT2D eigenvalue weighted by atomic mass is 19.3. The number of halogens is 2. The van der Waals surface area contributed by atoms with Crippen LogP contribution in [0.2, 0.25) is 0 Å². The quantitative estimate of drug-likeness (QED) is 0.881. The van der Waals surface area contributed by atoms with Gasteiger partial charge in [-0.2, -0.15) is 5.10 Å². The van der Waals surface area contributed by atoms with E-state index in [9.17, 15) is 18.4 Å². The lowest BCUT2D eigenvalue weighted by molar-refractivity contribution is -0.132. The number of likely N-dealkylation sites (tertiary alicyclic amines) is 1. The van der Waals surface area contributed by atoms with E-state index in [0.29, 0.717) is 24.3 Å². The molecule has 1 N–H and O–H groups in total. The Bertz CT molecular complexity index is 868. The van der Waals surface area contributed by atoms with E-state index in [1.807, 2.05) is 0 Å². The SMILES string of the molecule is C[C@@H](NC(=O)c1ccc(-n2cccn2)nc1)C(=O)N1CC[C@]2(C1)CC2(F)F. The largest absolute Gasteiger partial charge is 0.340 e. The first kappa shape index (κ1) is 17.6. The minimum Gasteiger partial charge on any atom is -0.340 e. The number of aromatic nitrogens is 3. The average molecular weight is 375 g/mol. The van der Waals surface area contributed by atoms with Gasteiger partial charge in [0.2, 0.25) is 5.91 Å². The summed E-state index contributed by atoms with van der Waals surface area (Å²) in [7, 11) is 0. The molecule has 2 aliphatic rings. The maximum absolute atomic E-state index is 13.5. The van der Waals surface area contributed by atoms with Gasteiger partial charge >= 0.3 is 0 Å². The van der Waals surface area contributed by atoms with E-state index < -0.39 is 23.3 Å². The Morgan fingerprint density at radius 2 is 2.11 bits per heavy atom. The molecule has 1 saturated carbocycles. The summed E-state index contributed by atoms with van der Waals surface area (Å²) in [5, 5.41) is 6.67. The van der Waals surface area contributed by atoms with E-state index in [1.165, 1.54) is 11.1 Å². The fourth-order valence-corrected chi connectivity index (χ4v) is 3.56. The topological polar surface area (TPSA) is 80.1 Å². The van der Waals surface area contributed by atoms with Gasteiger partial charge in [-0.05, 0) is 31.5 Å². The Morgan fingerprint density at radius 1 is 1.33 bits per heavy atom. The van der Waals surface area contributed by atoms with Gasteiger partial charge in [0.15, 0.2) is 5.82 Å². The predicted octanol–water partition coefficient (Wildman–Crippen LogP) is 1.64. The molecule has 1 aliphatic carbocycles. The molecule has 2 aromatic rings. The van der Waals surface area contributed by atoms with E-state index in [1.54, 1.807) is 42.2 Å². The Morgan fingerprint density at radius 3 is 2.67 bits per heavy atom. The Labute approximate surface area is 154 Å². The van der Waals surface area contributed by atoms with Crippen molar-refractivity contribution in [2.75, 3.05) is 13.1 Å². The molecule has 2 aromatic heterocycles. The third-order valence-corrected chi connectivity index (χ3v) is 5.34. The lowest BCUT2D eigenvalue weighted by Gasteiger charge is -2.22. The van der Waals surface area contributed by atoms with Gasteiger partial charge in [0.05, 0.1) is 11.0 Å². The van der Waals surface area contributed by atoms with E-state index in [2.05, 4.69) is 15.4 Å². The van der Waals surface area contributed by atoms with Crippen molar-refractivity contribution in [3.05, 3.63) is 42.4 Å². The molecule has 0 unspecified atom stereocenters. The van der Waals surface area contributed by atoms with Crippen molar-refractivity contribution < 1.29 is 18.4 Å². The molecule has 3 heterocycles. The molecule has 9 heteroatoms. The molecule has 1 saturated heterocycles. The van der Waals surface area contributed by atoms with Crippen LogP contribution in [0.15, 0.2) is 36.8 Å². The highest BCUT2D eigenvalue weighted by Crippen LogP contribution is 2.65. The van der Waals surface area contributed by atoms with Gasteiger partial charge in [0, 0.05) is 38.1 Å². The zero-order chi connectivity index (χ0) is 19.2. The molecule has 2 fully saturated rings. The molecule has 1 aliphatic heterocycles. The number of nitrogens with one attached hydrogen (secondary N) is 1. The number of amides is 2. The highest BCUT2D eigenvalue weighted by molar-refractivity contribution is 5.97. The maximum atomic E-state index is 13.5. The molecule has 0 aromatic carbocycles. The second-order valence-electron chi connectivity index (χ2n) is 7.22. The summed E-state index contributed by atoms with van der Waals surface area (Å²) >= 11 is 0. The second-order valence-corrected chi connectivity index (χ2v) is 7.22. The molecule has 0 bridgehead atoms. The fourth-order valence-electron chi connectivity index (χ4n) is 3.56. The smallest absolute Gasteiger partial charge is 0.256 e. The number of rotatable bonds is 4. The van der Waals surface area contributed by atoms with Gasteiger partial charge in [-0.1, -0.05) is 0 Å². The van der Waals surface area contributed by atoms with Crippen molar-refractivity contribution in [2.45, 2.75) is 31.7 Å². The summed E-state index contributed by atoms with van der Waals surface area (Å²) in [4.78, 5) is 30.4. The normalized spacial score (nSPS) is 24.0. The molecular formula is C18H19F2N5O2. The summed E-state index contributed by atoms with van der Waals surface area (Å²) in [6, 6.07) is 4.20. The van der Waals surface area contributed by atoms with Gasteiger partial charge in [-0.3, -0.25) is 9.59 Å². The highest BCUT2D eigenvalue weighted by Gasteiger charge is 2.73.